The lowest BCUT2D eigenvalue weighted by atomic mass is 9.77. The fourth-order valence-corrected chi connectivity index (χ4v) is 4.51. The van der Waals surface area contributed by atoms with Gasteiger partial charge in [-0.25, -0.2) is 0 Å². The SMILES string of the molecule is Cc1cc(C)cc(N2C(=O)CC(c3cccc([N+](=O)[O-])c3)C3=C2CCCC3=O)c1. The first kappa shape index (κ1) is 19.1. The lowest BCUT2D eigenvalue weighted by Gasteiger charge is -2.38. The van der Waals surface area contributed by atoms with Crippen molar-refractivity contribution in [2.45, 2.75) is 45.4 Å². The van der Waals surface area contributed by atoms with Gasteiger partial charge >= 0.3 is 0 Å². The molecule has 0 N–H and O–H groups in total. The number of benzene rings is 2. The zero-order chi connectivity index (χ0) is 20.7. The van der Waals surface area contributed by atoms with Crippen LogP contribution >= 0.6 is 0 Å². The van der Waals surface area contributed by atoms with Gasteiger partial charge in [0.1, 0.15) is 0 Å². The molecular weight excluding hydrogens is 368 g/mol. The molecule has 1 aliphatic heterocycles. The van der Waals surface area contributed by atoms with Gasteiger partial charge in [0.05, 0.1) is 4.92 Å². The summed E-state index contributed by atoms with van der Waals surface area (Å²) in [5.74, 6) is -0.489. The molecule has 0 bridgehead atoms. The van der Waals surface area contributed by atoms with Crippen molar-refractivity contribution in [1.29, 1.82) is 0 Å². The maximum atomic E-state index is 13.2. The molecule has 0 radical (unpaired) electrons. The number of amides is 1. The minimum atomic E-state index is -0.450. The van der Waals surface area contributed by atoms with Crippen molar-refractivity contribution in [3.8, 4) is 0 Å². The maximum Gasteiger partial charge on any atom is 0.269 e. The molecule has 1 amide bonds. The summed E-state index contributed by atoms with van der Waals surface area (Å²) in [5, 5.41) is 11.2. The van der Waals surface area contributed by atoms with Gasteiger partial charge in [0.25, 0.3) is 5.69 Å². The zero-order valence-corrected chi connectivity index (χ0v) is 16.5. The van der Waals surface area contributed by atoms with Gasteiger partial charge in [0.15, 0.2) is 5.78 Å². The average molecular weight is 390 g/mol. The van der Waals surface area contributed by atoms with Crippen LogP contribution in [0.3, 0.4) is 0 Å². The lowest BCUT2D eigenvalue weighted by Crippen LogP contribution is -2.40. The standard InChI is InChI=1S/C23H22N2O4/c1-14-9-15(2)11-18(10-14)24-20-7-4-8-21(26)23(20)19(13-22(24)27)16-5-3-6-17(12-16)25(28)29/h3,5-6,9-12,19H,4,7-8,13H2,1-2H3. The number of anilines is 1. The minimum absolute atomic E-state index is 0.0305. The zero-order valence-electron chi connectivity index (χ0n) is 16.5. The Kier molecular flexibility index (Phi) is 4.78. The second-order valence-electron chi connectivity index (χ2n) is 7.82. The van der Waals surface area contributed by atoms with E-state index in [-0.39, 0.29) is 23.8 Å². The highest BCUT2D eigenvalue weighted by atomic mass is 16.6. The molecule has 1 heterocycles. The summed E-state index contributed by atoms with van der Waals surface area (Å²) in [5.41, 5.74) is 4.89. The second kappa shape index (κ2) is 7.28. The van der Waals surface area contributed by atoms with E-state index >= 15 is 0 Å². The highest BCUT2D eigenvalue weighted by Crippen LogP contribution is 2.44. The molecule has 1 unspecified atom stereocenters. The van der Waals surface area contributed by atoms with Gasteiger partial charge in [-0.2, -0.15) is 0 Å². The van der Waals surface area contributed by atoms with Crippen molar-refractivity contribution in [3.63, 3.8) is 0 Å². The van der Waals surface area contributed by atoms with E-state index in [1.807, 2.05) is 32.0 Å². The van der Waals surface area contributed by atoms with Gasteiger partial charge in [0.2, 0.25) is 5.91 Å². The Labute approximate surface area is 169 Å². The number of aryl methyl sites for hydroxylation is 2. The highest BCUT2D eigenvalue weighted by molar-refractivity contribution is 6.07. The number of Topliss-reactive ketones (excluding diaryl/α,β-unsaturated/α-hetero) is 1. The van der Waals surface area contributed by atoms with Gasteiger partial charge in [0, 0.05) is 47.8 Å². The van der Waals surface area contributed by atoms with Crippen molar-refractivity contribution in [1.82, 2.24) is 0 Å². The summed E-state index contributed by atoms with van der Waals surface area (Å²) in [7, 11) is 0. The van der Waals surface area contributed by atoms with E-state index < -0.39 is 10.8 Å². The van der Waals surface area contributed by atoms with Gasteiger partial charge in [-0.1, -0.05) is 18.2 Å². The molecule has 148 valence electrons. The van der Waals surface area contributed by atoms with Crippen LogP contribution in [0.2, 0.25) is 0 Å². The van der Waals surface area contributed by atoms with E-state index in [0.29, 0.717) is 30.4 Å². The first-order valence-electron chi connectivity index (χ1n) is 9.77. The topological polar surface area (TPSA) is 80.5 Å². The summed E-state index contributed by atoms with van der Waals surface area (Å²) in [4.78, 5) is 38.6. The summed E-state index contributed by atoms with van der Waals surface area (Å²) in [6.07, 6.45) is 1.91. The number of non-ortho nitro benzene ring substituents is 1. The minimum Gasteiger partial charge on any atom is -0.294 e. The molecule has 0 aromatic heterocycles. The van der Waals surface area contributed by atoms with Crippen LogP contribution in [0.4, 0.5) is 11.4 Å². The van der Waals surface area contributed by atoms with Crippen LogP contribution in [0.5, 0.6) is 0 Å². The third kappa shape index (κ3) is 3.46. The number of nitro groups is 1. The van der Waals surface area contributed by atoms with Crippen LogP contribution in [0.1, 0.15) is 48.3 Å². The first-order chi connectivity index (χ1) is 13.8. The summed E-state index contributed by atoms with van der Waals surface area (Å²) >= 11 is 0. The van der Waals surface area contributed by atoms with E-state index in [1.54, 1.807) is 17.0 Å². The van der Waals surface area contributed by atoms with Crippen LogP contribution in [-0.4, -0.2) is 16.6 Å². The summed E-state index contributed by atoms with van der Waals surface area (Å²) < 4.78 is 0. The molecule has 4 rings (SSSR count). The smallest absolute Gasteiger partial charge is 0.269 e. The largest absolute Gasteiger partial charge is 0.294 e. The van der Waals surface area contributed by atoms with Crippen molar-refractivity contribution >= 4 is 23.1 Å². The molecule has 0 fully saturated rings. The molecule has 0 spiro atoms. The Morgan fingerprint density at radius 1 is 1.03 bits per heavy atom. The molecule has 0 saturated heterocycles. The van der Waals surface area contributed by atoms with E-state index in [9.17, 15) is 19.7 Å². The van der Waals surface area contributed by atoms with Gasteiger partial charge in [-0.15, -0.1) is 0 Å². The van der Waals surface area contributed by atoms with Crippen LogP contribution in [-0.2, 0) is 9.59 Å². The molecule has 1 atom stereocenters. The number of carbonyl (C=O) groups excluding carboxylic acids is 2. The fraction of sp³-hybridized carbons (Fsp3) is 0.304. The van der Waals surface area contributed by atoms with Crippen molar-refractivity contribution in [2.24, 2.45) is 0 Å². The molecule has 0 saturated carbocycles. The average Bonchev–Trinajstić information content (AvgIpc) is 2.66. The first-order valence-corrected chi connectivity index (χ1v) is 9.77. The highest BCUT2D eigenvalue weighted by Gasteiger charge is 2.40. The predicted octanol–water partition coefficient (Wildman–Crippen LogP) is 4.74. The number of carbonyl (C=O) groups is 2. The predicted molar refractivity (Wildman–Crippen MR) is 110 cm³/mol. The molecule has 1 aliphatic carbocycles. The summed E-state index contributed by atoms with van der Waals surface area (Å²) in [6, 6.07) is 12.3. The van der Waals surface area contributed by atoms with Crippen molar-refractivity contribution < 1.29 is 14.5 Å². The van der Waals surface area contributed by atoms with Gasteiger partial charge in [-0.3, -0.25) is 24.6 Å². The van der Waals surface area contributed by atoms with Crippen LogP contribution in [0.15, 0.2) is 53.7 Å². The van der Waals surface area contributed by atoms with Crippen molar-refractivity contribution in [3.05, 3.63) is 80.5 Å². The number of nitro benzene ring substituents is 1. The lowest BCUT2D eigenvalue weighted by molar-refractivity contribution is -0.384. The Hall–Kier alpha value is -3.28. The van der Waals surface area contributed by atoms with Crippen LogP contribution in [0.25, 0.3) is 0 Å². The Morgan fingerprint density at radius 3 is 2.45 bits per heavy atom. The van der Waals surface area contributed by atoms with Crippen molar-refractivity contribution in [2.75, 3.05) is 4.90 Å². The van der Waals surface area contributed by atoms with Gasteiger partial charge < -0.3 is 0 Å². The number of ketones is 1. The number of hydrogen-bond acceptors (Lipinski definition) is 4. The van der Waals surface area contributed by atoms with E-state index in [0.717, 1.165) is 22.5 Å². The Bertz CT molecular complexity index is 1050. The van der Waals surface area contributed by atoms with E-state index in [2.05, 4.69) is 0 Å². The number of nitrogens with zero attached hydrogens (tertiary/aromatic N) is 2. The molecule has 6 heteroatoms. The van der Waals surface area contributed by atoms with Crippen LogP contribution in [0, 0.1) is 24.0 Å². The summed E-state index contributed by atoms with van der Waals surface area (Å²) in [6.45, 7) is 3.97. The number of rotatable bonds is 3. The number of allylic oxidation sites excluding steroid dienone is 2. The monoisotopic (exact) mass is 390 g/mol. The van der Waals surface area contributed by atoms with Crippen LogP contribution < -0.4 is 4.90 Å². The third-order valence-electron chi connectivity index (χ3n) is 5.62. The van der Waals surface area contributed by atoms with Gasteiger partial charge in [-0.05, 0) is 55.5 Å². The fourth-order valence-electron chi connectivity index (χ4n) is 4.51. The molecule has 2 aliphatic rings. The molecule has 2 aromatic carbocycles. The quantitative estimate of drug-likeness (QED) is 0.560. The number of hydrogen-bond donors (Lipinski definition) is 0. The van der Waals surface area contributed by atoms with E-state index in [4.69, 9.17) is 0 Å². The molecule has 29 heavy (non-hydrogen) atoms. The Morgan fingerprint density at radius 2 is 1.76 bits per heavy atom. The molecule has 6 nitrogen and oxygen atoms in total. The van der Waals surface area contributed by atoms with E-state index in [1.165, 1.54) is 12.1 Å². The third-order valence-corrected chi connectivity index (χ3v) is 5.62. The second-order valence-corrected chi connectivity index (χ2v) is 7.82. The Balaban J connectivity index is 1.87. The molecular formula is C23H22N2O4. The molecule has 2 aromatic rings. The normalized spacial score (nSPS) is 19.4. The maximum absolute atomic E-state index is 13.2.